The highest BCUT2D eigenvalue weighted by Gasteiger charge is 2.41. The van der Waals surface area contributed by atoms with Crippen molar-refractivity contribution in [2.75, 3.05) is 6.61 Å². The lowest BCUT2D eigenvalue weighted by Gasteiger charge is -2.21. The Kier molecular flexibility index (Phi) is 12.9. The number of fused-ring (bicyclic) bond motifs is 2. The molecule has 0 amide bonds. The zero-order valence-corrected chi connectivity index (χ0v) is 26.9. The molecular weight excluding hydrogens is 593 g/mol. The minimum atomic E-state index is -0.327. The van der Waals surface area contributed by atoms with Crippen molar-refractivity contribution < 1.29 is 14.3 Å². The summed E-state index contributed by atoms with van der Waals surface area (Å²) in [5, 5.41) is 19.2. The first kappa shape index (κ1) is 32.8. The molecule has 214 valence electrons. The molecule has 0 saturated carbocycles. The van der Waals surface area contributed by atoms with E-state index in [1.54, 1.807) is 0 Å². The molecule has 2 unspecified atom stereocenters. The summed E-state index contributed by atoms with van der Waals surface area (Å²) in [4.78, 5) is 22.9. The van der Waals surface area contributed by atoms with Crippen molar-refractivity contribution in [3.05, 3.63) is 42.7 Å². The van der Waals surface area contributed by atoms with Crippen molar-refractivity contribution in [2.45, 2.75) is 98.6 Å². The van der Waals surface area contributed by atoms with Gasteiger partial charge in [0.15, 0.2) is 5.75 Å². The highest BCUT2D eigenvalue weighted by Crippen LogP contribution is 2.68. The smallest absolute Gasteiger partial charge is 0.491 e. The number of esters is 1. The molecule has 3 rings (SSSR count). The first-order valence-corrected chi connectivity index (χ1v) is 17.0. The number of thioether (sulfide) groups is 4. The monoisotopic (exact) mass is 624 g/mol. The van der Waals surface area contributed by atoms with Crippen LogP contribution in [0.15, 0.2) is 39.5 Å². The van der Waals surface area contributed by atoms with Crippen LogP contribution >= 0.6 is 47.0 Å². The Labute approximate surface area is 260 Å². The van der Waals surface area contributed by atoms with Gasteiger partial charge in [-0.3, -0.25) is 4.79 Å². The Bertz CT molecular complexity index is 1300. The van der Waals surface area contributed by atoms with Gasteiger partial charge in [0, 0.05) is 0 Å². The van der Waals surface area contributed by atoms with Gasteiger partial charge >= 0.3 is 11.8 Å². The fourth-order valence-corrected chi connectivity index (χ4v) is 9.45. The van der Waals surface area contributed by atoms with Crippen LogP contribution in [0.5, 0.6) is 11.5 Å². The largest absolute Gasteiger partial charge is 0.540 e. The van der Waals surface area contributed by atoms with Crippen molar-refractivity contribution in [2.24, 2.45) is 11.8 Å². The molecule has 0 aromatic heterocycles. The van der Waals surface area contributed by atoms with E-state index in [0.717, 1.165) is 44.9 Å². The molecule has 7 nitrogen and oxygen atoms in total. The standard InChI is InChI=1S/C30H32N4O3S4/c1-7-11-13-18(9-3)17-36-21-23-25(39-29(38-23)20(15-31)16-32)22(37-28(35)19(10-4)14-12-8-2)26-24(21)40-30(41-26)27(33-5)34-6/h18-19H,7-14,17H2,1-4H3. The summed E-state index contributed by atoms with van der Waals surface area (Å²) in [6.07, 6.45) is 7.45. The maximum atomic E-state index is 13.4. The van der Waals surface area contributed by atoms with Crippen molar-refractivity contribution in [1.82, 2.24) is 0 Å². The molecule has 2 aliphatic rings. The van der Waals surface area contributed by atoms with Gasteiger partial charge in [-0.2, -0.15) is 20.2 Å². The summed E-state index contributed by atoms with van der Waals surface area (Å²) in [5.41, 5.74) is -0.00691. The van der Waals surface area contributed by atoms with E-state index in [1.165, 1.54) is 47.0 Å². The quantitative estimate of drug-likeness (QED) is 0.0920. The third-order valence-corrected chi connectivity index (χ3v) is 11.9. The summed E-state index contributed by atoms with van der Waals surface area (Å²) >= 11 is 5.04. The predicted octanol–water partition coefficient (Wildman–Crippen LogP) is 10.0. The third kappa shape index (κ3) is 7.59. The lowest BCUT2D eigenvalue weighted by Crippen LogP contribution is -2.21. The normalized spacial score (nSPS) is 14.5. The minimum absolute atomic E-state index is 0.00691. The highest BCUT2D eigenvalue weighted by molar-refractivity contribution is 8.26. The maximum Gasteiger partial charge on any atom is 0.540 e. The number of unbranched alkanes of at least 4 members (excludes halogenated alkanes) is 2. The topological polar surface area (TPSA) is 91.8 Å². The molecule has 0 fully saturated rings. The van der Waals surface area contributed by atoms with Gasteiger partial charge in [-0.15, -0.1) is 0 Å². The van der Waals surface area contributed by atoms with E-state index in [4.69, 9.17) is 22.6 Å². The van der Waals surface area contributed by atoms with Gasteiger partial charge < -0.3 is 9.47 Å². The van der Waals surface area contributed by atoms with E-state index < -0.39 is 0 Å². The zero-order valence-electron chi connectivity index (χ0n) is 23.7. The van der Waals surface area contributed by atoms with Crippen molar-refractivity contribution in [1.29, 1.82) is 10.5 Å². The second-order valence-corrected chi connectivity index (χ2v) is 14.1. The molecule has 0 saturated heterocycles. The number of carbonyl (C=O) groups is 1. The van der Waals surface area contributed by atoms with Crippen LogP contribution in [-0.2, 0) is 4.79 Å². The lowest BCUT2D eigenvalue weighted by molar-refractivity contribution is -0.139. The van der Waals surface area contributed by atoms with Crippen LogP contribution in [0, 0.1) is 47.6 Å². The van der Waals surface area contributed by atoms with Crippen LogP contribution < -0.4 is 9.47 Å². The second kappa shape index (κ2) is 16.1. The molecule has 1 aromatic rings. The molecule has 0 spiro atoms. The van der Waals surface area contributed by atoms with Crippen LogP contribution in [0.4, 0.5) is 0 Å². The van der Waals surface area contributed by atoms with E-state index in [9.17, 15) is 15.3 Å². The van der Waals surface area contributed by atoms with Crippen LogP contribution in [-0.4, -0.2) is 12.6 Å². The van der Waals surface area contributed by atoms with Gasteiger partial charge in [0.2, 0.25) is 0 Å². The number of nitriles is 2. The van der Waals surface area contributed by atoms with E-state index in [2.05, 4.69) is 30.5 Å². The summed E-state index contributed by atoms with van der Waals surface area (Å²) in [6.45, 7) is 23.9. The van der Waals surface area contributed by atoms with Crippen LogP contribution in [0.25, 0.3) is 9.69 Å². The number of rotatable bonds is 13. The van der Waals surface area contributed by atoms with Crippen LogP contribution in [0.2, 0.25) is 0 Å². The molecule has 1 aromatic carbocycles. The lowest BCUT2D eigenvalue weighted by atomic mass is 10.00. The van der Waals surface area contributed by atoms with Gasteiger partial charge in [-0.25, -0.2) is 0 Å². The van der Waals surface area contributed by atoms with Gasteiger partial charge in [-0.05, 0) is 25.2 Å². The molecule has 41 heavy (non-hydrogen) atoms. The van der Waals surface area contributed by atoms with Gasteiger partial charge in [0.25, 0.3) is 0 Å². The SMILES string of the molecule is [C-]#[N+]C([N+]#[C-])=C1Sc2c(OCC(CC)CCCC)c3c(c(OC(=O)C(CC)CCCC)c2S1)SC(=C(C#N)C#N)S3. The predicted molar refractivity (Wildman–Crippen MR) is 166 cm³/mol. The Morgan fingerprint density at radius 3 is 1.85 bits per heavy atom. The Balaban J connectivity index is 2.20. The summed E-state index contributed by atoms with van der Waals surface area (Å²) in [6, 6.07) is 3.96. The van der Waals surface area contributed by atoms with Gasteiger partial charge in [-0.1, -0.05) is 107 Å². The number of carbonyl (C=O) groups excluding carboxylic acids is 1. The Morgan fingerprint density at radius 2 is 1.37 bits per heavy atom. The van der Waals surface area contributed by atoms with Crippen molar-refractivity contribution in [3.8, 4) is 23.6 Å². The average molecular weight is 625 g/mol. The number of allylic oxidation sites excluding steroid dienone is 1. The van der Waals surface area contributed by atoms with Crippen LogP contribution in [0.1, 0.15) is 79.1 Å². The number of nitrogens with zero attached hydrogens (tertiary/aromatic N) is 4. The summed E-state index contributed by atoms with van der Waals surface area (Å²) < 4.78 is 13.7. The van der Waals surface area contributed by atoms with Gasteiger partial charge in [0.05, 0.1) is 36.3 Å². The number of ether oxygens (including phenoxy) is 2. The fraction of sp³-hybridized carbons (Fsp3) is 0.500. The van der Waals surface area contributed by atoms with Crippen molar-refractivity contribution in [3.63, 3.8) is 0 Å². The van der Waals surface area contributed by atoms with Crippen LogP contribution in [0.3, 0.4) is 0 Å². The maximum absolute atomic E-state index is 13.4. The third-order valence-electron chi connectivity index (χ3n) is 6.78. The van der Waals surface area contributed by atoms with E-state index >= 15 is 0 Å². The number of hydrogen-bond donors (Lipinski definition) is 0. The fourth-order valence-electron chi connectivity index (χ4n) is 4.27. The minimum Gasteiger partial charge on any atom is -0.491 e. The number of benzene rings is 1. The summed E-state index contributed by atoms with van der Waals surface area (Å²) in [5.74, 6) is 0.659. The highest BCUT2D eigenvalue weighted by atomic mass is 32.2. The van der Waals surface area contributed by atoms with E-state index in [0.29, 0.717) is 58.5 Å². The van der Waals surface area contributed by atoms with Crippen molar-refractivity contribution >= 4 is 53.0 Å². The summed E-state index contributed by atoms with van der Waals surface area (Å²) in [7, 11) is 0. The average Bonchev–Trinajstić information content (AvgIpc) is 3.61. The first-order valence-electron chi connectivity index (χ1n) is 13.7. The van der Waals surface area contributed by atoms with E-state index in [1.807, 2.05) is 19.1 Å². The molecular formula is C30H32N4O3S4. The molecule has 0 aliphatic carbocycles. The number of hydrogen-bond acceptors (Lipinski definition) is 9. The first-order chi connectivity index (χ1) is 19.9. The molecule has 0 N–H and O–H groups in total. The zero-order chi connectivity index (χ0) is 29.9. The molecule has 2 aliphatic heterocycles. The molecule has 2 atom stereocenters. The molecule has 2 heterocycles. The Morgan fingerprint density at radius 1 is 0.829 bits per heavy atom. The van der Waals surface area contributed by atoms with E-state index in [-0.39, 0.29) is 23.3 Å². The Hall–Kier alpha value is -2.67. The molecule has 11 heteroatoms. The molecule has 0 bridgehead atoms. The van der Waals surface area contributed by atoms with Gasteiger partial charge in [0.1, 0.15) is 40.8 Å². The second-order valence-electron chi connectivity index (χ2n) is 9.50. The molecule has 0 radical (unpaired) electrons.